The first-order chi connectivity index (χ1) is 8.92. The zero-order valence-corrected chi connectivity index (χ0v) is 10.8. The molecule has 3 aromatic rings. The van der Waals surface area contributed by atoms with E-state index in [1.54, 1.807) is 0 Å². The Labute approximate surface area is 111 Å². The third kappa shape index (κ3) is 1.81. The number of para-hydroxylation sites is 2. The Hall–Kier alpha value is -1.73. The van der Waals surface area contributed by atoms with Crippen molar-refractivity contribution in [2.24, 2.45) is 0 Å². The van der Waals surface area contributed by atoms with E-state index in [0.717, 1.165) is 6.54 Å². The molecule has 0 aliphatic heterocycles. The second kappa shape index (κ2) is 4.87. The summed E-state index contributed by atoms with van der Waals surface area (Å²) < 4.78 is 2.33. The number of alkyl halides is 1. The second-order valence-corrected chi connectivity index (χ2v) is 4.58. The van der Waals surface area contributed by atoms with Crippen LogP contribution in [0.25, 0.3) is 21.8 Å². The minimum atomic E-state index is 0.567. The summed E-state index contributed by atoms with van der Waals surface area (Å²) in [7, 11) is 0. The quantitative estimate of drug-likeness (QED) is 0.477. The lowest BCUT2D eigenvalue weighted by atomic mass is 10.2. The normalized spacial score (nSPS) is 11.8. The maximum Gasteiger partial charge on any atom is 0.0494 e. The molecule has 0 N–H and O–H groups in total. The first kappa shape index (κ1) is 11.4. The Morgan fingerprint density at radius 2 is 1.39 bits per heavy atom. The smallest absolute Gasteiger partial charge is 0.0494 e. The maximum absolute atomic E-state index is 5.68. The standard InChI is InChI=1S/C16H14ClN/c17-11-5-6-12-18-15-9-3-1-7-13(15)14-8-2-4-10-16(14)18/h1-10H,11-12H2. The number of rotatable bonds is 3. The number of nitrogens with zero attached hydrogens (tertiary/aromatic N) is 1. The largest absolute Gasteiger partial charge is 0.337 e. The highest BCUT2D eigenvalue weighted by Gasteiger charge is 2.07. The van der Waals surface area contributed by atoms with E-state index in [-0.39, 0.29) is 0 Å². The fourth-order valence-electron chi connectivity index (χ4n) is 2.44. The minimum Gasteiger partial charge on any atom is -0.337 e. The number of benzene rings is 2. The molecule has 0 aliphatic rings. The number of hydrogen-bond donors (Lipinski definition) is 0. The van der Waals surface area contributed by atoms with Crippen molar-refractivity contribution in [1.29, 1.82) is 0 Å². The average Bonchev–Trinajstić information content (AvgIpc) is 2.74. The van der Waals surface area contributed by atoms with Crippen LogP contribution in [-0.4, -0.2) is 10.4 Å². The predicted octanol–water partition coefficient (Wildman–Crippen LogP) is 4.59. The second-order valence-electron chi connectivity index (χ2n) is 4.27. The van der Waals surface area contributed by atoms with E-state index < -0.39 is 0 Å². The van der Waals surface area contributed by atoms with Crippen molar-refractivity contribution in [2.45, 2.75) is 6.54 Å². The summed E-state index contributed by atoms with van der Waals surface area (Å²) in [6, 6.07) is 17.1. The average molecular weight is 256 g/mol. The first-order valence-electron chi connectivity index (χ1n) is 6.09. The van der Waals surface area contributed by atoms with Crippen LogP contribution in [0.4, 0.5) is 0 Å². The van der Waals surface area contributed by atoms with Gasteiger partial charge >= 0.3 is 0 Å². The highest BCUT2D eigenvalue weighted by Crippen LogP contribution is 2.28. The van der Waals surface area contributed by atoms with Crippen molar-refractivity contribution >= 4 is 33.4 Å². The molecular formula is C16H14ClN. The molecule has 2 aromatic carbocycles. The summed E-state index contributed by atoms with van der Waals surface area (Å²) >= 11 is 5.68. The van der Waals surface area contributed by atoms with E-state index in [9.17, 15) is 0 Å². The number of aromatic nitrogens is 1. The fourth-order valence-corrected chi connectivity index (χ4v) is 2.57. The minimum absolute atomic E-state index is 0.567. The van der Waals surface area contributed by atoms with Crippen LogP contribution in [0.5, 0.6) is 0 Å². The third-order valence-electron chi connectivity index (χ3n) is 3.22. The molecule has 18 heavy (non-hydrogen) atoms. The van der Waals surface area contributed by atoms with Crippen LogP contribution in [0.1, 0.15) is 0 Å². The molecule has 2 heteroatoms. The molecule has 0 fully saturated rings. The molecule has 90 valence electrons. The molecule has 0 radical (unpaired) electrons. The van der Waals surface area contributed by atoms with Gasteiger partial charge in [0, 0.05) is 34.2 Å². The molecule has 1 nitrogen and oxygen atoms in total. The van der Waals surface area contributed by atoms with Gasteiger partial charge in [0.05, 0.1) is 0 Å². The van der Waals surface area contributed by atoms with E-state index in [2.05, 4.69) is 59.2 Å². The number of halogens is 1. The zero-order chi connectivity index (χ0) is 12.4. The van der Waals surface area contributed by atoms with E-state index >= 15 is 0 Å². The van der Waals surface area contributed by atoms with Crippen LogP contribution in [0.15, 0.2) is 60.7 Å². The Kier molecular flexibility index (Phi) is 3.07. The van der Waals surface area contributed by atoms with E-state index in [1.807, 2.05) is 6.08 Å². The van der Waals surface area contributed by atoms with Crippen LogP contribution < -0.4 is 0 Å². The van der Waals surface area contributed by atoms with Crippen molar-refractivity contribution in [3.63, 3.8) is 0 Å². The molecule has 0 saturated carbocycles. The van der Waals surface area contributed by atoms with Crippen LogP contribution in [0.3, 0.4) is 0 Å². The molecule has 3 rings (SSSR count). The summed E-state index contributed by atoms with van der Waals surface area (Å²) in [6.07, 6.45) is 4.11. The number of hydrogen-bond acceptors (Lipinski definition) is 0. The van der Waals surface area contributed by atoms with Gasteiger partial charge in [-0.05, 0) is 12.1 Å². The van der Waals surface area contributed by atoms with Crippen molar-refractivity contribution in [1.82, 2.24) is 4.57 Å². The Morgan fingerprint density at radius 3 is 1.94 bits per heavy atom. The first-order valence-corrected chi connectivity index (χ1v) is 6.62. The number of fused-ring (bicyclic) bond motifs is 3. The molecule has 0 aliphatic carbocycles. The monoisotopic (exact) mass is 255 g/mol. The molecule has 0 unspecified atom stereocenters. The predicted molar refractivity (Wildman–Crippen MR) is 79.3 cm³/mol. The highest BCUT2D eigenvalue weighted by molar-refractivity contribution is 6.18. The van der Waals surface area contributed by atoms with Gasteiger partial charge in [-0.1, -0.05) is 48.6 Å². The Bertz CT molecular complexity index is 656. The zero-order valence-electron chi connectivity index (χ0n) is 10.0. The van der Waals surface area contributed by atoms with Gasteiger partial charge in [0.2, 0.25) is 0 Å². The van der Waals surface area contributed by atoms with Gasteiger partial charge in [-0.15, -0.1) is 11.6 Å². The lowest BCUT2D eigenvalue weighted by Crippen LogP contribution is -1.94. The number of allylic oxidation sites excluding steroid dienone is 2. The van der Waals surface area contributed by atoms with Crippen molar-refractivity contribution in [2.75, 3.05) is 5.88 Å². The van der Waals surface area contributed by atoms with Gasteiger partial charge in [0.1, 0.15) is 0 Å². The van der Waals surface area contributed by atoms with Crippen LogP contribution in [0.2, 0.25) is 0 Å². The van der Waals surface area contributed by atoms with Gasteiger partial charge in [-0.3, -0.25) is 0 Å². The SMILES string of the molecule is ClCC=CCn1c2ccccc2c2ccccc21. The molecule has 0 bridgehead atoms. The van der Waals surface area contributed by atoms with Crippen LogP contribution in [0, 0.1) is 0 Å². The summed E-state index contributed by atoms with van der Waals surface area (Å²) in [6.45, 7) is 0.862. The van der Waals surface area contributed by atoms with Crippen molar-refractivity contribution in [3.8, 4) is 0 Å². The molecule has 0 saturated heterocycles. The van der Waals surface area contributed by atoms with Gasteiger partial charge in [0.25, 0.3) is 0 Å². The van der Waals surface area contributed by atoms with Crippen molar-refractivity contribution in [3.05, 3.63) is 60.7 Å². The van der Waals surface area contributed by atoms with E-state index in [0.29, 0.717) is 5.88 Å². The lowest BCUT2D eigenvalue weighted by Gasteiger charge is -2.03. The maximum atomic E-state index is 5.68. The summed E-state index contributed by atoms with van der Waals surface area (Å²) in [5.74, 6) is 0.567. The summed E-state index contributed by atoms with van der Waals surface area (Å²) in [5, 5.41) is 2.62. The summed E-state index contributed by atoms with van der Waals surface area (Å²) in [4.78, 5) is 0. The lowest BCUT2D eigenvalue weighted by molar-refractivity contribution is 0.897. The van der Waals surface area contributed by atoms with Gasteiger partial charge in [0.15, 0.2) is 0 Å². The van der Waals surface area contributed by atoms with Gasteiger partial charge in [-0.2, -0.15) is 0 Å². The molecule has 0 spiro atoms. The molecular weight excluding hydrogens is 242 g/mol. The fraction of sp³-hybridized carbons (Fsp3) is 0.125. The highest BCUT2D eigenvalue weighted by atomic mass is 35.5. The van der Waals surface area contributed by atoms with Crippen molar-refractivity contribution < 1.29 is 0 Å². The molecule has 0 atom stereocenters. The van der Waals surface area contributed by atoms with E-state index in [4.69, 9.17) is 11.6 Å². The van der Waals surface area contributed by atoms with Crippen LogP contribution >= 0.6 is 11.6 Å². The summed E-state index contributed by atoms with van der Waals surface area (Å²) in [5.41, 5.74) is 2.55. The molecule has 1 heterocycles. The van der Waals surface area contributed by atoms with E-state index in [1.165, 1.54) is 21.8 Å². The Balaban J connectivity index is 2.27. The Morgan fingerprint density at radius 1 is 0.833 bits per heavy atom. The third-order valence-corrected chi connectivity index (χ3v) is 3.40. The van der Waals surface area contributed by atoms with Crippen LogP contribution in [-0.2, 0) is 6.54 Å². The van der Waals surface area contributed by atoms with Gasteiger partial charge in [-0.25, -0.2) is 0 Å². The molecule has 1 aromatic heterocycles. The van der Waals surface area contributed by atoms with Gasteiger partial charge < -0.3 is 4.57 Å². The topological polar surface area (TPSA) is 4.93 Å². The molecule has 0 amide bonds.